The number of hydrogen-bond donors (Lipinski definition) is 1. The lowest BCUT2D eigenvalue weighted by molar-refractivity contribution is -0.138. The molecule has 0 saturated carbocycles. The fraction of sp³-hybridized carbons (Fsp3) is 0.167. The first-order chi connectivity index (χ1) is 5.41. The van der Waals surface area contributed by atoms with Gasteiger partial charge in [-0.25, -0.2) is 0 Å². The Kier molecular flexibility index (Phi) is 2.77. The van der Waals surface area contributed by atoms with Crippen molar-refractivity contribution in [2.75, 3.05) is 0 Å². The number of pyridine rings is 1. The molecule has 1 N–H and O–H groups in total. The van der Waals surface area contributed by atoms with Crippen molar-refractivity contribution in [3.8, 4) is 0 Å². The van der Waals surface area contributed by atoms with Gasteiger partial charge in [-0.05, 0) is 34.7 Å². The van der Waals surface area contributed by atoms with Gasteiger partial charge in [0.25, 0.3) is 0 Å². The largest absolute Gasteiger partial charge is 0.418 e. The first-order valence-corrected chi connectivity index (χ1v) is 4.36. The molecule has 12 heavy (non-hydrogen) atoms. The molecule has 6 heteroatoms. The SMILES string of the molecule is FC(F)(F)c1ccc(=S)[nH]c1I. The van der Waals surface area contributed by atoms with Crippen molar-refractivity contribution in [2.24, 2.45) is 0 Å². The topological polar surface area (TPSA) is 15.8 Å². The van der Waals surface area contributed by atoms with Crippen LogP contribution in [0.2, 0.25) is 0 Å². The molecule has 1 aromatic heterocycles. The van der Waals surface area contributed by atoms with E-state index >= 15 is 0 Å². The first kappa shape index (κ1) is 9.97. The summed E-state index contributed by atoms with van der Waals surface area (Å²) in [7, 11) is 0. The highest BCUT2D eigenvalue weighted by Crippen LogP contribution is 2.31. The van der Waals surface area contributed by atoms with Gasteiger partial charge < -0.3 is 4.98 Å². The van der Waals surface area contributed by atoms with E-state index in [4.69, 9.17) is 0 Å². The molecule has 1 heterocycles. The van der Waals surface area contributed by atoms with E-state index < -0.39 is 11.7 Å². The number of alkyl halides is 3. The Morgan fingerprint density at radius 3 is 2.33 bits per heavy atom. The number of rotatable bonds is 0. The third-order valence-corrected chi connectivity index (χ3v) is 2.27. The average molecular weight is 305 g/mol. The summed E-state index contributed by atoms with van der Waals surface area (Å²) in [6.07, 6.45) is -4.31. The van der Waals surface area contributed by atoms with Crippen LogP contribution in [0.3, 0.4) is 0 Å². The van der Waals surface area contributed by atoms with E-state index in [1.807, 2.05) is 0 Å². The zero-order valence-electron chi connectivity index (χ0n) is 5.57. The molecule has 0 aliphatic rings. The highest BCUT2D eigenvalue weighted by molar-refractivity contribution is 14.1. The molecule has 66 valence electrons. The second-order valence-electron chi connectivity index (χ2n) is 2.05. The van der Waals surface area contributed by atoms with Crippen LogP contribution in [-0.2, 0) is 6.18 Å². The Balaban J connectivity index is 3.28. The van der Waals surface area contributed by atoms with Gasteiger partial charge in [0, 0.05) is 0 Å². The lowest BCUT2D eigenvalue weighted by atomic mass is 10.3. The standard InChI is InChI=1S/C6H3F3INS/c7-6(8,9)3-1-2-4(12)11-5(3)10/h1-2H,(H,11,12). The molecule has 0 radical (unpaired) electrons. The molecule has 0 aliphatic heterocycles. The first-order valence-electron chi connectivity index (χ1n) is 2.87. The number of aromatic nitrogens is 1. The lowest BCUT2D eigenvalue weighted by Crippen LogP contribution is -2.08. The predicted octanol–water partition coefficient (Wildman–Crippen LogP) is 3.37. The Bertz CT molecular complexity index is 343. The van der Waals surface area contributed by atoms with Crippen LogP contribution >= 0.6 is 34.8 Å². The van der Waals surface area contributed by atoms with Gasteiger partial charge in [0.2, 0.25) is 0 Å². The van der Waals surface area contributed by atoms with Crippen molar-refractivity contribution in [3.63, 3.8) is 0 Å². The fourth-order valence-electron chi connectivity index (χ4n) is 0.668. The molecule has 0 atom stereocenters. The Morgan fingerprint density at radius 1 is 1.33 bits per heavy atom. The highest BCUT2D eigenvalue weighted by atomic mass is 127. The fourth-order valence-corrected chi connectivity index (χ4v) is 1.80. The maximum atomic E-state index is 12.1. The minimum Gasteiger partial charge on any atom is -0.341 e. The molecule has 1 rings (SSSR count). The maximum Gasteiger partial charge on any atom is 0.418 e. The number of H-pyrrole nitrogens is 1. The van der Waals surface area contributed by atoms with Crippen LogP contribution in [0, 0.1) is 8.34 Å². The molecular formula is C6H3F3INS. The maximum absolute atomic E-state index is 12.1. The minimum absolute atomic E-state index is 0.0209. The molecule has 0 unspecified atom stereocenters. The zero-order chi connectivity index (χ0) is 9.35. The molecule has 0 fully saturated rings. The van der Waals surface area contributed by atoms with E-state index in [0.717, 1.165) is 6.07 Å². The molecular weight excluding hydrogens is 302 g/mol. The smallest absolute Gasteiger partial charge is 0.341 e. The molecule has 1 nitrogen and oxygen atoms in total. The lowest BCUT2D eigenvalue weighted by Gasteiger charge is -2.07. The van der Waals surface area contributed by atoms with Crippen LogP contribution in [0.15, 0.2) is 12.1 Å². The van der Waals surface area contributed by atoms with Gasteiger partial charge in [0.05, 0.1) is 9.26 Å². The van der Waals surface area contributed by atoms with Crippen LogP contribution in [0.4, 0.5) is 13.2 Å². The number of nitrogens with one attached hydrogen (secondary N) is 1. The summed E-state index contributed by atoms with van der Waals surface area (Å²) >= 11 is 6.22. The van der Waals surface area contributed by atoms with E-state index in [1.54, 1.807) is 22.6 Å². The Hall–Kier alpha value is -0.110. The second kappa shape index (κ2) is 3.33. The summed E-state index contributed by atoms with van der Waals surface area (Å²) in [5, 5.41) is 0. The van der Waals surface area contributed by atoms with Gasteiger partial charge >= 0.3 is 6.18 Å². The van der Waals surface area contributed by atoms with E-state index in [-0.39, 0.29) is 3.70 Å². The van der Waals surface area contributed by atoms with Crippen LogP contribution in [-0.4, -0.2) is 4.98 Å². The zero-order valence-corrected chi connectivity index (χ0v) is 8.55. The van der Waals surface area contributed by atoms with E-state index in [2.05, 4.69) is 17.2 Å². The highest BCUT2D eigenvalue weighted by Gasteiger charge is 2.32. The number of halogens is 4. The summed E-state index contributed by atoms with van der Waals surface area (Å²) in [6.45, 7) is 0. The van der Waals surface area contributed by atoms with Gasteiger partial charge in [0.1, 0.15) is 4.64 Å². The molecule has 0 aromatic carbocycles. The minimum atomic E-state index is -4.31. The van der Waals surface area contributed by atoms with Crippen molar-refractivity contribution >= 4 is 34.8 Å². The monoisotopic (exact) mass is 305 g/mol. The van der Waals surface area contributed by atoms with Gasteiger partial charge in [-0.3, -0.25) is 0 Å². The third-order valence-electron chi connectivity index (χ3n) is 1.18. The summed E-state index contributed by atoms with van der Waals surface area (Å²) in [6, 6.07) is 2.20. The average Bonchev–Trinajstić information content (AvgIpc) is 1.83. The second-order valence-corrected chi connectivity index (χ2v) is 3.57. The van der Waals surface area contributed by atoms with Crippen LogP contribution in [0.1, 0.15) is 5.56 Å². The molecule has 0 bridgehead atoms. The van der Waals surface area contributed by atoms with Crippen molar-refractivity contribution < 1.29 is 13.2 Å². The summed E-state index contributed by atoms with van der Waals surface area (Å²) < 4.78 is 36.7. The predicted molar refractivity (Wildman–Crippen MR) is 49.3 cm³/mol. The number of hydrogen-bond acceptors (Lipinski definition) is 1. The summed E-state index contributed by atoms with van der Waals surface area (Å²) in [4.78, 5) is 2.43. The Morgan fingerprint density at radius 2 is 1.92 bits per heavy atom. The summed E-state index contributed by atoms with van der Waals surface area (Å²) in [5.41, 5.74) is -0.684. The van der Waals surface area contributed by atoms with Gasteiger partial charge in [-0.15, -0.1) is 0 Å². The van der Waals surface area contributed by atoms with Gasteiger partial charge in [-0.2, -0.15) is 13.2 Å². The Labute approximate surface area is 85.1 Å². The third kappa shape index (κ3) is 2.19. The van der Waals surface area contributed by atoms with Gasteiger partial charge in [-0.1, -0.05) is 12.2 Å². The van der Waals surface area contributed by atoms with Crippen molar-refractivity contribution in [1.29, 1.82) is 0 Å². The van der Waals surface area contributed by atoms with Crippen LogP contribution in [0.25, 0.3) is 0 Å². The molecule has 1 aromatic rings. The van der Waals surface area contributed by atoms with E-state index in [9.17, 15) is 13.2 Å². The normalized spacial score (nSPS) is 11.7. The summed E-state index contributed by atoms with van der Waals surface area (Å²) in [5.74, 6) is 0. The van der Waals surface area contributed by atoms with Crippen molar-refractivity contribution in [3.05, 3.63) is 26.0 Å². The van der Waals surface area contributed by atoms with Crippen LogP contribution in [0.5, 0.6) is 0 Å². The molecule has 0 aliphatic carbocycles. The van der Waals surface area contributed by atoms with E-state index in [0.29, 0.717) is 4.64 Å². The van der Waals surface area contributed by atoms with Crippen LogP contribution < -0.4 is 0 Å². The molecule has 0 amide bonds. The van der Waals surface area contributed by atoms with Gasteiger partial charge in [0.15, 0.2) is 0 Å². The molecule has 0 spiro atoms. The van der Waals surface area contributed by atoms with E-state index in [1.165, 1.54) is 6.07 Å². The number of aromatic amines is 1. The van der Waals surface area contributed by atoms with Crippen molar-refractivity contribution in [2.45, 2.75) is 6.18 Å². The quantitative estimate of drug-likeness (QED) is 0.441. The van der Waals surface area contributed by atoms with Crippen molar-refractivity contribution in [1.82, 2.24) is 4.98 Å². The molecule has 0 saturated heterocycles.